The van der Waals surface area contributed by atoms with E-state index >= 15 is 0 Å². The summed E-state index contributed by atoms with van der Waals surface area (Å²) in [6, 6.07) is 6.24. The normalized spacial score (nSPS) is 34.0. The van der Waals surface area contributed by atoms with Crippen molar-refractivity contribution < 1.29 is 19.1 Å². The summed E-state index contributed by atoms with van der Waals surface area (Å²) in [5.41, 5.74) is 0.626. The fraction of sp³-hybridized carbons (Fsp3) is 0.724. The molecule has 1 aromatic rings. The van der Waals surface area contributed by atoms with E-state index in [9.17, 15) is 19.1 Å². The van der Waals surface area contributed by atoms with Crippen molar-refractivity contribution in [2.75, 3.05) is 19.6 Å². The molecule has 192 valence electrons. The minimum Gasteiger partial charge on any atom is -0.393 e. The first-order chi connectivity index (χ1) is 17.0. The van der Waals surface area contributed by atoms with Crippen molar-refractivity contribution in [1.82, 2.24) is 10.2 Å². The van der Waals surface area contributed by atoms with Crippen molar-refractivity contribution in [3.8, 4) is 0 Å². The quantitative estimate of drug-likeness (QED) is 0.556. The number of piperidine rings is 1. The Kier molecular flexibility index (Phi) is 7.88. The number of hydrogen-bond acceptors (Lipinski definition) is 4. The third-order valence-corrected chi connectivity index (χ3v) is 9.55. The molecule has 4 aliphatic carbocycles. The highest BCUT2D eigenvalue weighted by molar-refractivity contribution is 5.97. The molecule has 1 amide bonds. The van der Waals surface area contributed by atoms with E-state index in [0.29, 0.717) is 23.4 Å². The molecule has 4 saturated carbocycles. The van der Waals surface area contributed by atoms with Gasteiger partial charge in [0.05, 0.1) is 6.10 Å². The predicted molar refractivity (Wildman–Crippen MR) is 133 cm³/mol. The van der Waals surface area contributed by atoms with E-state index in [1.165, 1.54) is 37.8 Å². The van der Waals surface area contributed by atoms with Crippen LogP contribution in [0.3, 0.4) is 0 Å². The number of rotatable bonds is 7. The molecule has 2 unspecified atom stereocenters. The zero-order valence-corrected chi connectivity index (χ0v) is 20.8. The Balaban J connectivity index is 0.988. The number of nitrogens with zero attached hydrogens (tertiary/aromatic N) is 1. The number of hydrogen-bond donors (Lipinski definition) is 2. The Labute approximate surface area is 208 Å². The summed E-state index contributed by atoms with van der Waals surface area (Å²) in [6.07, 6.45) is 11.2. The van der Waals surface area contributed by atoms with E-state index in [-0.39, 0.29) is 41.4 Å². The summed E-state index contributed by atoms with van der Waals surface area (Å²) in [5, 5.41) is 13.7. The van der Waals surface area contributed by atoms with Crippen LogP contribution in [0.1, 0.15) is 81.0 Å². The number of halogens is 1. The maximum Gasteiger partial charge on any atom is 0.223 e. The first kappa shape index (κ1) is 24.9. The van der Waals surface area contributed by atoms with Crippen molar-refractivity contribution in [2.45, 2.75) is 82.8 Å². The van der Waals surface area contributed by atoms with Crippen LogP contribution in [0, 0.1) is 35.4 Å². The van der Waals surface area contributed by atoms with Crippen LogP contribution in [0.2, 0.25) is 0 Å². The largest absolute Gasteiger partial charge is 0.393 e. The van der Waals surface area contributed by atoms with Gasteiger partial charge in [-0.3, -0.25) is 9.59 Å². The summed E-state index contributed by atoms with van der Waals surface area (Å²) >= 11 is 0. The number of Topliss-reactive ketones (excluding diaryl/α,β-unsaturated/α-hetero) is 1. The lowest BCUT2D eigenvalue weighted by Crippen LogP contribution is -2.50. The Morgan fingerprint density at radius 2 is 1.66 bits per heavy atom. The highest BCUT2D eigenvalue weighted by Crippen LogP contribution is 2.45. The Morgan fingerprint density at radius 1 is 0.943 bits per heavy atom. The Hall–Kier alpha value is -1.79. The van der Waals surface area contributed by atoms with Crippen LogP contribution in [0.5, 0.6) is 0 Å². The standard InChI is InChI=1S/C29H41FN2O3/c30-23-6-4-21(5-7-23)28(34)22-12-15-32(16-13-22)14-11-19-1-8-24(9-2-19)31-29(35)26-17-20-3-10-25(26)27(33)18-20/h4-7,19-20,22,24-27,33H,1-3,8-18H2,(H,31,35)/t19?,20?,24?,25-,26+,27?/m0/s1. The summed E-state index contributed by atoms with van der Waals surface area (Å²) in [5.74, 6) is 1.54. The molecule has 5 aliphatic rings. The van der Waals surface area contributed by atoms with E-state index in [4.69, 9.17) is 0 Å². The lowest BCUT2D eigenvalue weighted by molar-refractivity contribution is -0.136. The molecule has 35 heavy (non-hydrogen) atoms. The van der Waals surface area contributed by atoms with Crippen molar-refractivity contribution >= 4 is 11.7 Å². The zero-order valence-electron chi connectivity index (χ0n) is 20.8. The maximum absolute atomic E-state index is 13.1. The number of fused-ring (bicyclic) bond motifs is 3. The van der Waals surface area contributed by atoms with Gasteiger partial charge in [0.2, 0.25) is 5.91 Å². The number of aliphatic hydroxyl groups excluding tert-OH is 1. The average molecular weight is 485 g/mol. The van der Waals surface area contributed by atoms with Crippen LogP contribution in [0.4, 0.5) is 4.39 Å². The van der Waals surface area contributed by atoms with Gasteiger partial charge >= 0.3 is 0 Å². The zero-order chi connectivity index (χ0) is 24.4. The molecule has 0 aromatic heterocycles. The number of nitrogens with one attached hydrogen (secondary N) is 1. The van der Waals surface area contributed by atoms with Gasteiger partial charge in [-0.05, 0) is 132 Å². The number of benzene rings is 1. The number of ketones is 1. The van der Waals surface area contributed by atoms with Gasteiger partial charge in [0.15, 0.2) is 5.78 Å². The van der Waals surface area contributed by atoms with Gasteiger partial charge in [-0.15, -0.1) is 0 Å². The molecular formula is C29H41FN2O3. The van der Waals surface area contributed by atoms with Gasteiger partial charge in [0, 0.05) is 23.4 Å². The number of amides is 1. The smallest absolute Gasteiger partial charge is 0.223 e. The average Bonchev–Trinajstić information content (AvgIpc) is 2.89. The molecule has 2 bridgehead atoms. The summed E-state index contributed by atoms with van der Waals surface area (Å²) < 4.78 is 13.1. The number of likely N-dealkylation sites (tertiary alicyclic amines) is 1. The van der Waals surface area contributed by atoms with Crippen LogP contribution in [-0.2, 0) is 4.79 Å². The topological polar surface area (TPSA) is 69.6 Å². The molecule has 4 atom stereocenters. The van der Waals surface area contributed by atoms with Crippen LogP contribution in [0.15, 0.2) is 24.3 Å². The van der Waals surface area contributed by atoms with E-state index in [0.717, 1.165) is 64.6 Å². The monoisotopic (exact) mass is 484 g/mol. The number of aliphatic hydroxyl groups is 1. The molecule has 1 saturated heterocycles. The van der Waals surface area contributed by atoms with Gasteiger partial charge in [0.25, 0.3) is 0 Å². The molecule has 5 nitrogen and oxygen atoms in total. The van der Waals surface area contributed by atoms with Gasteiger partial charge < -0.3 is 15.3 Å². The second-order valence-corrected chi connectivity index (χ2v) is 11.8. The third-order valence-electron chi connectivity index (χ3n) is 9.55. The first-order valence-electron chi connectivity index (χ1n) is 14.0. The minimum absolute atomic E-state index is 0.0214. The lowest BCUT2D eigenvalue weighted by atomic mass is 9.63. The number of carbonyl (C=O) groups excluding carboxylic acids is 2. The van der Waals surface area contributed by atoms with Crippen LogP contribution < -0.4 is 5.32 Å². The molecule has 1 aromatic carbocycles. The van der Waals surface area contributed by atoms with E-state index < -0.39 is 0 Å². The SMILES string of the molecule is O=C(c1ccc(F)cc1)C1CCN(CCC2CCC(NC(=O)[C@@H]3CC4CC[C@@H]3C(O)C4)CC2)CC1. The maximum atomic E-state index is 13.1. The first-order valence-corrected chi connectivity index (χ1v) is 14.0. The molecule has 6 rings (SSSR count). The van der Waals surface area contributed by atoms with Crippen molar-refractivity contribution in [2.24, 2.45) is 29.6 Å². The molecule has 1 heterocycles. The molecule has 2 N–H and O–H groups in total. The van der Waals surface area contributed by atoms with Crippen LogP contribution in [-0.4, -0.2) is 53.5 Å². The van der Waals surface area contributed by atoms with Crippen LogP contribution >= 0.6 is 0 Å². The third kappa shape index (κ3) is 5.96. The van der Waals surface area contributed by atoms with Gasteiger partial charge in [-0.2, -0.15) is 0 Å². The van der Waals surface area contributed by atoms with Crippen LogP contribution in [0.25, 0.3) is 0 Å². The molecular weight excluding hydrogens is 443 g/mol. The van der Waals surface area contributed by atoms with Crippen molar-refractivity contribution in [3.05, 3.63) is 35.6 Å². The van der Waals surface area contributed by atoms with Crippen molar-refractivity contribution in [3.63, 3.8) is 0 Å². The molecule has 1 aliphatic heterocycles. The molecule has 0 spiro atoms. The second-order valence-electron chi connectivity index (χ2n) is 11.8. The highest BCUT2D eigenvalue weighted by atomic mass is 19.1. The van der Waals surface area contributed by atoms with E-state index in [2.05, 4.69) is 10.2 Å². The summed E-state index contributed by atoms with van der Waals surface area (Å²) in [6.45, 7) is 3.00. The molecule has 6 heteroatoms. The van der Waals surface area contributed by atoms with E-state index in [1.54, 1.807) is 12.1 Å². The Bertz CT molecular complexity index is 874. The van der Waals surface area contributed by atoms with Gasteiger partial charge in [-0.25, -0.2) is 4.39 Å². The highest BCUT2D eigenvalue weighted by Gasteiger charge is 2.44. The summed E-state index contributed by atoms with van der Waals surface area (Å²) in [7, 11) is 0. The number of carbonyl (C=O) groups is 2. The molecule has 0 radical (unpaired) electrons. The van der Waals surface area contributed by atoms with E-state index in [1.807, 2.05) is 0 Å². The fourth-order valence-corrected chi connectivity index (χ4v) is 7.31. The predicted octanol–water partition coefficient (Wildman–Crippen LogP) is 4.58. The van der Waals surface area contributed by atoms with Gasteiger partial charge in [-0.1, -0.05) is 0 Å². The Morgan fingerprint density at radius 3 is 2.31 bits per heavy atom. The summed E-state index contributed by atoms with van der Waals surface area (Å²) in [4.78, 5) is 28.1. The van der Waals surface area contributed by atoms with Crippen molar-refractivity contribution in [1.29, 1.82) is 0 Å². The fourth-order valence-electron chi connectivity index (χ4n) is 7.31. The lowest BCUT2D eigenvalue weighted by Gasteiger charge is -2.45. The second kappa shape index (κ2) is 11.1. The minimum atomic E-state index is -0.302. The molecule has 5 fully saturated rings. The van der Waals surface area contributed by atoms with Gasteiger partial charge in [0.1, 0.15) is 5.82 Å².